The van der Waals surface area contributed by atoms with Gasteiger partial charge in [0.15, 0.2) is 5.82 Å². The average molecular weight is 295 g/mol. The molecule has 2 nitrogen and oxygen atoms in total. The molecule has 0 fully saturated rings. The summed E-state index contributed by atoms with van der Waals surface area (Å²) in [6.07, 6.45) is 0.726. The second-order valence-electron chi connectivity index (χ2n) is 4.74. The average Bonchev–Trinajstić information content (AvgIpc) is 2.38. The second kappa shape index (κ2) is 5.89. The molecule has 0 saturated carbocycles. The lowest BCUT2D eigenvalue weighted by Gasteiger charge is -2.08. The summed E-state index contributed by atoms with van der Waals surface area (Å²) in [5, 5.41) is 0.871. The Bertz CT molecular complexity index is 554. The van der Waals surface area contributed by atoms with E-state index in [0.717, 1.165) is 17.5 Å². The van der Waals surface area contributed by atoms with E-state index >= 15 is 0 Å². The number of nitrogens with zero attached hydrogens (tertiary/aromatic N) is 2. The quantitative estimate of drug-likeness (QED) is 0.733. The SMILES string of the molecule is CCc1c(Cl)nc(-c2ccc(C(C)C)cc2)nc1Cl. The predicted molar refractivity (Wildman–Crippen MR) is 81.0 cm³/mol. The lowest BCUT2D eigenvalue weighted by atomic mass is 10.0. The maximum absolute atomic E-state index is 6.13. The Morgan fingerprint density at radius 3 is 1.95 bits per heavy atom. The van der Waals surface area contributed by atoms with Crippen molar-refractivity contribution in [1.29, 1.82) is 0 Å². The van der Waals surface area contributed by atoms with E-state index < -0.39 is 0 Å². The molecule has 4 heteroatoms. The Morgan fingerprint density at radius 2 is 1.53 bits per heavy atom. The molecule has 0 amide bonds. The Balaban J connectivity index is 2.42. The molecule has 0 atom stereocenters. The van der Waals surface area contributed by atoms with E-state index in [4.69, 9.17) is 23.2 Å². The van der Waals surface area contributed by atoms with Crippen molar-refractivity contribution < 1.29 is 0 Å². The topological polar surface area (TPSA) is 25.8 Å². The first-order valence-electron chi connectivity index (χ1n) is 6.35. The van der Waals surface area contributed by atoms with Crippen LogP contribution in [0.1, 0.15) is 37.8 Å². The molecular formula is C15H16Cl2N2. The molecule has 0 N–H and O–H groups in total. The monoisotopic (exact) mass is 294 g/mol. The molecule has 0 saturated heterocycles. The molecular weight excluding hydrogens is 279 g/mol. The molecule has 0 aliphatic heterocycles. The summed E-state index contributed by atoms with van der Waals surface area (Å²) in [5.74, 6) is 1.08. The van der Waals surface area contributed by atoms with Gasteiger partial charge in [0, 0.05) is 11.1 Å². The van der Waals surface area contributed by atoms with Crippen LogP contribution in [-0.2, 0) is 6.42 Å². The zero-order valence-corrected chi connectivity index (χ0v) is 12.8. The fourth-order valence-corrected chi connectivity index (χ4v) is 2.52. The van der Waals surface area contributed by atoms with Crippen LogP contribution in [0.3, 0.4) is 0 Å². The predicted octanol–water partition coefficient (Wildman–Crippen LogP) is 5.14. The maximum atomic E-state index is 6.13. The summed E-state index contributed by atoms with van der Waals surface area (Å²) >= 11 is 12.3. The summed E-state index contributed by atoms with van der Waals surface area (Å²) in [5.41, 5.74) is 3.01. The molecule has 0 bridgehead atoms. The van der Waals surface area contributed by atoms with Crippen LogP contribution in [0.4, 0.5) is 0 Å². The fourth-order valence-electron chi connectivity index (χ4n) is 1.87. The van der Waals surface area contributed by atoms with Gasteiger partial charge in [0.2, 0.25) is 0 Å². The normalized spacial score (nSPS) is 11.1. The van der Waals surface area contributed by atoms with Crippen molar-refractivity contribution in [2.75, 3.05) is 0 Å². The van der Waals surface area contributed by atoms with Crippen LogP contribution in [-0.4, -0.2) is 9.97 Å². The lowest BCUT2D eigenvalue weighted by Crippen LogP contribution is -1.97. The first-order chi connectivity index (χ1) is 9.02. The van der Waals surface area contributed by atoms with Crippen molar-refractivity contribution in [3.05, 3.63) is 45.7 Å². The minimum absolute atomic E-state index is 0.436. The molecule has 1 aromatic carbocycles. The molecule has 100 valence electrons. The van der Waals surface area contributed by atoms with Crippen LogP contribution in [0.2, 0.25) is 10.3 Å². The minimum atomic E-state index is 0.436. The van der Waals surface area contributed by atoms with Gasteiger partial charge in [-0.1, -0.05) is 68.2 Å². The zero-order chi connectivity index (χ0) is 14.0. The van der Waals surface area contributed by atoms with Gasteiger partial charge in [0.05, 0.1) is 0 Å². The van der Waals surface area contributed by atoms with Crippen molar-refractivity contribution in [2.45, 2.75) is 33.1 Å². The van der Waals surface area contributed by atoms with Gasteiger partial charge < -0.3 is 0 Å². The number of aromatic nitrogens is 2. The van der Waals surface area contributed by atoms with E-state index in [1.807, 2.05) is 19.1 Å². The van der Waals surface area contributed by atoms with Crippen molar-refractivity contribution in [3.8, 4) is 11.4 Å². The third-order valence-corrected chi connectivity index (χ3v) is 3.72. The molecule has 2 aromatic rings. The van der Waals surface area contributed by atoms with Crippen molar-refractivity contribution in [2.24, 2.45) is 0 Å². The number of hydrogen-bond donors (Lipinski definition) is 0. The first-order valence-corrected chi connectivity index (χ1v) is 7.10. The molecule has 0 aliphatic carbocycles. The van der Waals surface area contributed by atoms with E-state index in [1.54, 1.807) is 0 Å². The Hall–Kier alpha value is -1.12. The number of benzene rings is 1. The third-order valence-electron chi connectivity index (χ3n) is 3.10. The second-order valence-corrected chi connectivity index (χ2v) is 5.45. The van der Waals surface area contributed by atoms with Gasteiger partial charge in [0.1, 0.15) is 10.3 Å². The van der Waals surface area contributed by atoms with Crippen LogP contribution in [0.5, 0.6) is 0 Å². The van der Waals surface area contributed by atoms with Crippen molar-refractivity contribution in [3.63, 3.8) is 0 Å². The number of rotatable bonds is 3. The van der Waals surface area contributed by atoms with Crippen molar-refractivity contribution >= 4 is 23.2 Å². The van der Waals surface area contributed by atoms with E-state index in [9.17, 15) is 0 Å². The lowest BCUT2D eigenvalue weighted by molar-refractivity contribution is 0.867. The summed E-state index contributed by atoms with van der Waals surface area (Å²) in [4.78, 5) is 8.64. The number of halogens is 2. The molecule has 0 unspecified atom stereocenters. The van der Waals surface area contributed by atoms with Gasteiger partial charge in [-0.05, 0) is 17.9 Å². The van der Waals surface area contributed by atoms with Crippen LogP contribution < -0.4 is 0 Å². The molecule has 0 spiro atoms. The number of hydrogen-bond acceptors (Lipinski definition) is 2. The van der Waals surface area contributed by atoms with Gasteiger partial charge in [-0.15, -0.1) is 0 Å². The molecule has 0 aliphatic rings. The van der Waals surface area contributed by atoms with Crippen LogP contribution in [0, 0.1) is 0 Å². The van der Waals surface area contributed by atoms with E-state index in [1.165, 1.54) is 5.56 Å². The Kier molecular flexibility index (Phi) is 4.43. The molecule has 1 heterocycles. The highest BCUT2D eigenvalue weighted by Gasteiger charge is 2.11. The summed E-state index contributed by atoms with van der Waals surface area (Å²) in [7, 11) is 0. The summed E-state index contributed by atoms with van der Waals surface area (Å²) in [6, 6.07) is 8.17. The zero-order valence-electron chi connectivity index (χ0n) is 11.2. The van der Waals surface area contributed by atoms with Crippen LogP contribution in [0.15, 0.2) is 24.3 Å². The highest BCUT2D eigenvalue weighted by Crippen LogP contribution is 2.26. The Morgan fingerprint density at radius 1 is 1.00 bits per heavy atom. The largest absolute Gasteiger partial charge is 0.216 e. The van der Waals surface area contributed by atoms with Crippen LogP contribution in [0.25, 0.3) is 11.4 Å². The first kappa shape index (κ1) is 14.3. The summed E-state index contributed by atoms with van der Waals surface area (Å²) < 4.78 is 0. The van der Waals surface area contributed by atoms with Crippen LogP contribution >= 0.6 is 23.2 Å². The standard InChI is InChI=1S/C15H16Cl2N2/c1-4-12-13(16)18-15(19-14(12)17)11-7-5-10(6-8-11)9(2)3/h5-9H,4H2,1-3H3. The maximum Gasteiger partial charge on any atom is 0.162 e. The van der Waals surface area contributed by atoms with Gasteiger partial charge in [-0.2, -0.15) is 0 Å². The molecule has 0 radical (unpaired) electrons. The third kappa shape index (κ3) is 3.07. The smallest absolute Gasteiger partial charge is 0.162 e. The van der Waals surface area contributed by atoms with Gasteiger partial charge >= 0.3 is 0 Å². The van der Waals surface area contributed by atoms with Crippen molar-refractivity contribution in [1.82, 2.24) is 9.97 Å². The van der Waals surface area contributed by atoms with Gasteiger partial charge in [-0.3, -0.25) is 0 Å². The highest BCUT2D eigenvalue weighted by molar-refractivity contribution is 6.34. The molecule has 1 aromatic heterocycles. The van der Waals surface area contributed by atoms with E-state index in [2.05, 4.69) is 35.9 Å². The van der Waals surface area contributed by atoms with E-state index in [0.29, 0.717) is 22.0 Å². The molecule has 19 heavy (non-hydrogen) atoms. The highest BCUT2D eigenvalue weighted by atomic mass is 35.5. The molecule has 2 rings (SSSR count). The fraction of sp³-hybridized carbons (Fsp3) is 0.333. The summed E-state index contributed by atoms with van der Waals surface area (Å²) in [6.45, 7) is 6.30. The van der Waals surface area contributed by atoms with Gasteiger partial charge in [0.25, 0.3) is 0 Å². The van der Waals surface area contributed by atoms with E-state index in [-0.39, 0.29) is 0 Å². The Labute approximate surface area is 123 Å². The minimum Gasteiger partial charge on any atom is -0.216 e. The van der Waals surface area contributed by atoms with Gasteiger partial charge in [-0.25, -0.2) is 9.97 Å².